The Hall–Kier alpha value is -3.62. The lowest BCUT2D eigenvalue weighted by atomic mass is 9.62. The number of carbonyl (C=O) groups is 2. The lowest BCUT2D eigenvalue weighted by molar-refractivity contribution is -0.141. The summed E-state index contributed by atoms with van der Waals surface area (Å²) in [6, 6.07) is 7.37. The predicted molar refractivity (Wildman–Crippen MR) is 119 cm³/mol. The van der Waals surface area contributed by atoms with E-state index >= 15 is 0 Å². The molecule has 1 saturated heterocycles. The van der Waals surface area contributed by atoms with Crippen LogP contribution in [0.4, 0.5) is 0 Å². The molecule has 1 fully saturated rings. The van der Waals surface area contributed by atoms with Crippen LogP contribution in [-0.4, -0.2) is 44.6 Å². The predicted octanol–water partition coefficient (Wildman–Crippen LogP) is 2.81. The Kier molecular flexibility index (Phi) is 5.63. The summed E-state index contributed by atoms with van der Waals surface area (Å²) in [5.41, 5.74) is 8.08. The number of ether oxygens (including phenoxy) is 5. The average molecular weight is 469 g/mol. The largest absolute Gasteiger partial charge is 0.502 e. The number of phenolic OH excluding ortho intramolecular Hbond substituents is 1. The summed E-state index contributed by atoms with van der Waals surface area (Å²) in [5.74, 6) is 0.107. The van der Waals surface area contributed by atoms with E-state index in [0.29, 0.717) is 30.9 Å². The quantitative estimate of drug-likeness (QED) is 0.593. The number of fused-ring (bicyclic) bond motifs is 3. The summed E-state index contributed by atoms with van der Waals surface area (Å²) in [5, 5.41) is 10.4. The van der Waals surface area contributed by atoms with E-state index in [-0.39, 0.29) is 60.1 Å². The van der Waals surface area contributed by atoms with Gasteiger partial charge in [-0.15, -0.1) is 0 Å². The fraction of sp³-hybridized carbons (Fsp3) is 0.440. The Bertz CT molecular complexity index is 1120. The molecule has 1 amide bonds. The number of rotatable bonds is 7. The monoisotopic (exact) mass is 469 g/mol. The average Bonchev–Trinajstić information content (AvgIpc) is 3.44. The number of esters is 1. The van der Waals surface area contributed by atoms with Gasteiger partial charge in [-0.1, -0.05) is 0 Å². The van der Waals surface area contributed by atoms with Gasteiger partial charge >= 0.3 is 5.97 Å². The molecule has 0 saturated carbocycles. The zero-order valence-electron chi connectivity index (χ0n) is 19.0. The standard InChI is InChI=1S/C25H27NO8/c1-30-19-6-12(7-20(31-2)24(19)28)22-15-9-18-17(33-11-34-18)8-14(15)13(4-3-5-21(26)27)16-10-32-25(29)23(16)22/h6-9,13,16,22-23,28H,3-5,10-11H2,1-2H3,(H2,26,27). The van der Waals surface area contributed by atoms with Crippen molar-refractivity contribution in [2.24, 2.45) is 17.6 Å². The van der Waals surface area contributed by atoms with Crippen molar-refractivity contribution in [2.75, 3.05) is 27.6 Å². The smallest absolute Gasteiger partial charge is 0.310 e. The molecule has 5 rings (SSSR count). The second-order valence-corrected chi connectivity index (χ2v) is 8.87. The van der Waals surface area contributed by atoms with Gasteiger partial charge in [0.1, 0.15) is 0 Å². The molecule has 1 aliphatic carbocycles. The Balaban J connectivity index is 1.68. The molecule has 2 heterocycles. The highest BCUT2D eigenvalue weighted by Gasteiger charge is 2.52. The number of methoxy groups -OCH3 is 2. The van der Waals surface area contributed by atoms with E-state index in [1.54, 1.807) is 12.1 Å². The number of amides is 1. The van der Waals surface area contributed by atoms with Crippen LogP contribution in [0, 0.1) is 11.8 Å². The van der Waals surface area contributed by atoms with Crippen molar-refractivity contribution in [1.82, 2.24) is 0 Å². The Morgan fingerprint density at radius 3 is 2.32 bits per heavy atom. The zero-order chi connectivity index (χ0) is 24.0. The molecule has 2 aliphatic heterocycles. The van der Waals surface area contributed by atoms with Gasteiger partial charge < -0.3 is 34.5 Å². The molecule has 9 nitrogen and oxygen atoms in total. The van der Waals surface area contributed by atoms with E-state index in [4.69, 9.17) is 29.4 Å². The summed E-state index contributed by atoms with van der Waals surface area (Å²) in [7, 11) is 2.93. The highest BCUT2D eigenvalue weighted by Crippen LogP contribution is 2.57. The number of phenols is 1. The number of carbonyl (C=O) groups excluding carboxylic acids is 2. The third kappa shape index (κ3) is 3.55. The first-order valence-electron chi connectivity index (χ1n) is 11.3. The fourth-order valence-corrected chi connectivity index (χ4v) is 5.64. The van der Waals surface area contributed by atoms with Gasteiger partial charge in [0, 0.05) is 18.3 Å². The summed E-state index contributed by atoms with van der Waals surface area (Å²) in [6.45, 7) is 0.423. The molecule has 3 aliphatic rings. The van der Waals surface area contributed by atoms with Crippen LogP contribution in [0.5, 0.6) is 28.7 Å². The van der Waals surface area contributed by atoms with Gasteiger partial charge in [-0.25, -0.2) is 0 Å². The van der Waals surface area contributed by atoms with Gasteiger partial charge in [-0.3, -0.25) is 9.59 Å². The maximum absolute atomic E-state index is 13.1. The van der Waals surface area contributed by atoms with Crippen LogP contribution in [0.25, 0.3) is 0 Å². The summed E-state index contributed by atoms with van der Waals surface area (Å²) < 4.78 is 27.6. The first-order valence-corrected chi connectivity index (χ1v) is 11.3. The zero-order valence-corrected chi connectivity index (χ0v) is 19.0. The maximum atomic E-state index is 13.1. The van der Waals surface area contributed by atoms with Crippen molar-refractivity contribution in [1.29, 1.82) is 0 Å². The van der Waals surface area contributed by atoms with Gasteiger partial charge in [0.05, 0.1) is 26.7 Å². The first-order chi connectivity index (χ1) is 16.4. The van der Waals surface area contributed by atoms with Gasteiger partial charge in [-0.2, -0.15) is 0 Å². The van der Waals surface area contributed by atoms with E-state index in [1.807, 2.05) is 12.1 Å². The number of hydrogen-bond donors (Lipinski definition) is 2. The van der Waals surface area contributed by atoms with Crippen LogP contribution in [0.2, 0.25) is 0 Å². The van der Waals surface area contributed by atoms with Crippen molar-refractivity contribution in [3.63, 3.8) is 0 Å². The van der Waals surface area contributed by atoms with Crippen LogP contribution < -0.4 is 24.7 Å². The van der Waals surface area contributed by atoms with Crippen molar-refractivity contribution in [3.8, 4) is 28.7 Å². The molecule has 34 heavy (non-hydrogen) atoms. The van der Waals surface area contributed by atoms with Gasteiger partial charge in [0.15, 0.2) is 23.0 Å². The lowest BCUT2D eigenvalue weighted by Crippen LogP contribution is -2.35. The molecular formula is C25H27NO8. The molecule has 0 aromatic heterocycles. The molecule has 2 aromatic carbocycles. The topological polar surface area (TPSA) is 127 Å². The molecule has 3 N–H and O–H groups in total. The first kappa shape index (κ1) is 22.2. The minimum Gasteiger partial charge on any atom is -0.502 e. The molecule has 180 valence electrons. The molecule has 4 atom stereocenters. The Labute approximate surface area is 196 Å². The van der Waals surface area contributed by atoms with Crippen LogP contribution in [0.3, 0.4) is 0 Å². The molecule has 9 heteroatoms. The molecular weight excluding hydrogens is 442 g/mol. The van der Waals surface area contributed by atoms with Gasteiger partial charge in [0.2, 0.25) is 18.4 Å². The number of aromatic hydroxyl groups is 1. The van der Waals surface area contributed by atoms with Crippen LogP contribution in [0.15, 0.2) is 24.3 Å². The van der Waals surface area contributed by atoms with Crippen molar-refractivity contribution >= 4 is 11.9 Å². The third-order valence-electron chi connectivity index (χ3n) is 7.14. The van der Waals surface area contributed by atoms with Crippen molar-refractivity contribution in [3.05, 3.63) is 41.0 Å². The van der Waals surface area contributed by atoms with E-state index in [2.05, 4.69) is 0 Å². The fourth-order valence-electron chi connectivity index (χ4n) is 5.64. The van der Waals surface area contributed by atoms with Crippen LogP contribution >= 0.6 is 0 Å². The number of primary amides is 1. The summed E-state index contributed by atoms with van der Waals surface area (Å²) >= 11 is 0. The number of benzene rings is 2. The normalized spacial score (nSPS) is 24.2. The Morgan fingerprint density at radius 1 is 1.06 bits per heavy atom. The minimum absolute atomic E-state index is 0.0162. The van der Waals surface area contributed by atoms with Gasteiger partial charge in [-0.05, 0) is 59.7 Å². The van der Waals surface area contributed by atoms with E-state index in [1.165, 1.54) is 14.2 Å². The van der Waals surface area contributed by atoms with Crippen molar-refractivity contribution in [2.45, 2.75) is 31.1 Å². The molecule has 2 aromatic rings. The number of nitrogens with two attached hydrogens (primary N) is 1. The van der Waals surface area contributed by atoms with Gasteiger partial charge in [0.25, 0.3) is 0 Å². The summed E-state index contributed by atoms with van der Waals surface area (Å²) in [4.78, 5) is 24.4. The maximum Gasteiger partial charge on any atom is 0.310 e. The lowest BCUT2D eigenvalue weighted by Gasteiger charge is -2.39. The second-order valence-electron chi connectivity index (χ2n) is 8.87. The second kappa shape index (κ2) is 8.62. The minimum atomic E-state index is -0.453. The van der Waals surface area contributed by atoms with Crippen molar-refractivity contribution < 1.29 is 38.4 Å². The molecule has 4 unspecified atom stereocenters. The number of cyclic esters (lactones) is 1. The van der Waals surface area contributed by atoms with E-state index in [9.17, 15) is 14.7 Å². The van der Waals surface area contributed by atoms with Crippen LogP contribution in [-0.2, 0) is 14.3 Å². The summed E-state index contributed by atoms with van der Waals surface area (Å²) in [6.07, 6.45) is 1.57. The Morgan fingerprint density at radius 2 is 1.71 bits per heavy atom. The van der Waals surface area contributed by atoms with E-state index < -0.39 is 5.92 Å². The number of hydrogen-bond acceptors (Lipinski definition) is 8. The molecule has 0 radical (unpaired) electrons. The molecule has 0 spiro atoms. The third-order valence-corrected chi connectivity index (χ3v) is 7.14. The van der Waals surface area contributed by atoms with Crippen LogP contribution in [0.1, 0.15) is 47.8 Å². The molecule has 0 bridgehead atoms. The highest BCUT2D eigenvalue weighted by molar-refractivity contribution is 5.79. The van der Waals surface area contributed by atoms with E-state index in [0.717, 1.165) is 16.7 Å². The SMILES string of the molecule is COc1cc(C2c3cc4c(cc3C(CCCC(N)=O)C3COC(=O)C23)OCO4)cc(OC)c1O. The highest BCUT2D eigenvalue weighted by atomic mass is 16.7.